The van der Waals surface area contributed by atoms with Crippen LogP contribution in [0.15, 0.2) is 18.2 Å². The molecule has 1 aliphatic carbocycles. The highest BCUT2D eigenvalue weighted by Gasteiger charge is 2.37. The van der Waals surface area contributed by atoms with Crippen molar-refractivity contribution >= 4 is 23.3 Å². The van der Waals surface area contributed by atoms with Crippen LogP contribution < -0.4 is 11.1 Å². The molecule has 0 radical (unpaired) electrons. The number of primary amides is 1. The number of carbonyl (C=O) groups is 3. The van der Waals surface area contributed by atoms with Crippen molar-refractivity contribution in [1.29, 1.82) is 0 Å². The second-order valence-corrected chi connectivity index (χ2v) is 10.8. The number of fused-ring (bicyclic) bond motifs is 6. The molecule has 0 unspecified atom stereocenters. The number of aromatic nitrogens is 1. The number of rotatable bonds is 2. The van der Waals surface area contributed by atoms with Crippen molar-refractivity contribution in [2.45, 2.75) is 72.4 Å². The van der Waals surface area contributed by atoms with E-state index in [0.29, 0.717) is 37.1 Å². The van der Waals surface area contributed by atoms with Gasteiger partial charge in [-0.25, -0.2) is 0 Å². The number of carbonyl (C=O) groups excluding carboxylic acids is 3. The van der Waals surface area contributed by atoms with Crippen molar-refractivity contribution in [3.8, 4) is 5.69 Å². The van der Waals surface area contributed by atoms with Gasteiger partial charge in [0.2, 0.25) is 5.91 Å². The molecule has 2 heterocycles. The summed E-state index contributed by atoms with van der Waals surface area (Å²) >= 11 is 0. The maximum atomic E-state index is 13.2. The summed E-state index contributed by atoms with van der Waals surface area (Å²) in [6.07, 6.45) is 2.63. The van der Waals surface area contributed by atoms with Gasteiger partial charge in [-0.3, -0.25) is 14.4 Å². The lowest BCUT2D eigenvalue weighted by atomic mass is 9.75. The minimum atomic E-state index is -0.563. The molecule has 1 aromatic heterocycles. The third kappa shape index (κ3) is 4.47. The number of hydrogen-bond donors (Lipinski definition) is 3. The van der Waals surface area contributed by atoms with Gasteiger partial charge in [-0.05, 0) is 69.2 Å². The van der Waals surface area contributed by atoms with E-state index in [1.54, 1.807) is 11.0 Å². The fourth-order valence-electron chi connectivity index (χ4n) is 5.69. The van der Waals surface area contributed by atoms with Crippen LogP contribution in [-0.2, 0) is 17.6 Å². The van der Waals surface area contributed by atoms with Gasteiger partial charge >= 0.3 is 0 Å². The monoisotopic (exact) mass is 480 g/mol. The van der Waals surface area contributed by atoms with Crippen molar-refractivity contribution in [3.63, 3.8) is 0 Å². The first kappa shape index (κ1) is 25.0. The Kier molecular flexibility index (Phi) is 6.53. The molecule has 2 atom stereocenters. The summed E-state index contributed by atoms with van der Waals surface area (Å²) in [4.78, 5) is 39.8. The minimum absolute atomic E-state index is 0.155. The van der Waals surface area contributed by atoms with Crippen LogP contribution in [0.2, 0.25) is 0 Å². The lowest BCUT2D eigenvalue weighted by Crippen LogP contribution is -2.48. The highest BCUT2D eigenvalue weighted by molar-refractivity contribution is 6.01. The first-order chi connectivity index (χ1) is 16.4. The number of amides is 2. The van der Waals surface area contributed by atoms with Crippen molar-refractivity contribution < 1.29 is 19.5 Å². The third-order valence-electron chi connectivity index (χ3n) is 7.59. The highest BCUT2D eigenvalue weighted by Crippen LogP contribution is 2.41. The Bertz CT molecular complexity index is 1200. The van der Waals surface area contributed by atoms with E-state index in [1.165, 1.54) is 0 Å². The standard InChI is InChI=1S/C27H36N4O4/c1-15-21-7-6-10-30(24(34)14-32)17(3)16(2)29-20-11-18(8-9-19(20)26(28)35)31(21)22-12-27(4,5)13-23(33)25(15)22/h8-9,11,16-17,29,32H,6-7,10,12-14H2,1-5H3,(H2,28,35)/t16-,17-/m0/s1. The Hall–Kier alpha value is -3.13. The van der Waals surface area contributed by atoms with E-state index >= 15 is 0 Å². The van der Waals surface area contributed by atoms with Gasteiger partial charge in [0.15, 0.2) is 5.78 Å². The second kappa shape index (κ2) is 9.15. The topological polar surface area (TPSA) is 118 Å². The quantitative estimate of drug-likeness (QED) is 0.611. The number of anilines is 1. The summed E-state index contributed by atoms with van der Waals surface area (Å²) in [5.74, 6) is -0.726. The number of nitrogens with one attached hydrogen (secondary N) is 1. The van der Waals surface area contributed by atoms with Gasteiger partial charge in [-0.1, -0.05) is 13.8 Å². The normalized spacial score (nSPS) is 21.8. The highest BCUT2D eigenvalue weighted by atomic mass is 16.3. The lowest BCUT2D eigenvalue weighted by molar-refractivity contribution is -0.136. The molecule has 0 spiro atoms. The Labute approximate surface area is 206 Å². The Morgan fingerprint density at radius 1 is 1.20 bits per heavy atom. The summed E-state index contributed by atoms with van der Waals surface area (Å²) in [6, 6.07) is 5.09. The van der Waals surface area contributed by atoms with Crippen molar-refractivity contribution in [3.05, 3.63) is 46.3 Å². The fraction of sp³-hybridized carbons (Fsp3) is 0.519. The van der Waals surface area contributed by atoms with E-state index in [1.807, 2.05) is 32.9 Å². The summed E-state index contributed by atoms with van der Waals surface area (Å²) in [7, 11) is 0. The molecule has 8 heteroatoms. The van der Waals surface area contributed by atoms with E-state index in [-0.39, 0.29) is 29.2 Å². The average Bonchev–Trinajstić information content (AvgIpc) is 3.05. The lowest BCUT2D eigenvalue weighted by Gasteiger charge is -2.35. The molecule has 2 aliphatic rings. The molecule has 2 amide bonds. The molecular formula is C27H36N4O4. The maximum Gasteiger partial charge on any atom is 0.250 e. The Morgan fingerprint density at radius 2 is 1.91 bits per heavy atom. The van der Waals surface area contributed by atoms with Crippen LogP contribution in [0.4, 0.5) is 5.69 Å². The van der Waals surface area contributed by atoms with Crippen LogP contribution in [0.25, 0.3) is 5.69 Å². The van der Waals surface area contributed by atoms with Crippen LogP contribution in [0.5, 0.6) is 0 Å². The zero-order valence-electron chi connectivity index (χ0n) is 21.3. The van der Waals surface area contributed by atoms with Crippen LogP contribution in [0.1, 0.15) is 78.2 Å². The smallest absolute Gasteiger partial charge is 0.250 e. The van der Waals surface area contributed by atoms with Gasteiger partial charge < -0.3 is 25.6 Å². The van der Waals surface area contributed by atoms with Crippen molar-refractivity contribution in [2.24, 2.45) is 11.1 Å². The van der Waals surface area contributed by atoms with Crippen molar-refractivity contribution in [2.75, 3.05) is 18.5 Å². The van der Waals surface area contributed by atoms with Crippen molar-refractivity contribution in [1.82, 2.24) is 9.47 Å². The Morgan fingerprint density at radius 3 is 2.57 bits per heavy atom. The molecule has 4 rings (SSSR count). The molecule has 4 N–H and O–H groups in total. The molecule has 35 heavy (non-hydrogen) atoms. The number of aliphatic hydroxyl groups is 1. The molecule has 1 aliphatic heterocycles. The number of hydrogen-bond acceptors (Lipinski definition) is 5. The molecule has 2 bridgehead atoms. The first-order valence-electron chi connectivity index (χ1n) is 12.3. The van der Waals surface area contributed by atoms with Crippen LogP contribution in [0, 0.1) is 12.3 Å². The number of aliphatic hydroxyl groups excluding tert-OH is 1. The first-order valence-corrected chi connectivity index (χ1v) is 12.3. The van der Waals surface area contributed by atoms with Crippen LogP contribution >= 0.6 is 0 Å². The molecule has 8 nitrogen and oxygen atoms in total. The van der Waals surface area contributed by atoms with Crippen LogP contribution in [0.3, 0.4) is 0 Å². The van der Waals surface area contributed by atoms with Gasteiger partial charge in [0, 0.05) is 53.4 Å². The third-order valence-corrected chi connectivity index (χ3v) is 7.59. The minimum Gasteiger partial charge on any atom is -0.387 e. The molecule has 0 saturated heterocycles. The van der Waals surface area contributed by atoms with E-state index in [0.717, 1.165) is 34.6 Å². The maximum absolute atomic E-state index is 13.2. The molecule has 2 aromatic rings. The number of nitrogens with two attached hydrogens (primary N) is 1. The molecular weight excluding hydrogens is 444 g/mol. The van der Waals surface area contributed by atoms with E-state index in [9.17, 15) is 19.5 Å². The molecule has 1 aromatic carbocycles. The zero-order chi connectivity index (χ0) is 25.7. The van der Waals surface area contributed by atoms with Gasteiger partial charge in [-0.15, -0.1) is 0 Å². The van der Waals surface area contributed by atoms with Crippen LogP contribution in [-0.4, -0.2) is 57.4 Å². The van der Waals surface area contributed by atoms with Gasteiger partial charge in [0.05, 0.1) is 5.56 Å². The fourth-order valence-corrected chi connectivity index (χ4v) is 5.69. The van der Waals surface area contributed by atoms with Gasteiger partial charge in [0.25, 0.3) is 5.91 Å². The molecule has 188 valence electrons. The number of benzene rings is 1. The second-order valence-electron chi connectivity index (χ2n) is 10.8. The largest absolute Gasteiger partial charge is 0.387 e. The Balaban J connectivity index is 1.95. The van der Waals surface area contributed by atoms with Gasteiger partial charge in [0.1, 0.15) is 6.61 Å². The summed E-state index contributed by atoms with van der Waals surface area (Å²) < 4.78 is 2.17. The van der Waals surface area contributed by atoms with E-state index in [2.05, 4.69) is 23.7 Å². The SMILES string of the molecule is Cc1c2c(n3c1CCCN(C(=O)CO)[C@@H](C)[C@H](C)Nc1cc-3ccc1C(N)=O)CC(C)(C)CC2=O. The summed E-state index contributed by atoms with van der Waals surface area (Å²) in [5.41, 5.74) is 11.2. The number of nitrogens with zero attached hydrogens (tertiary/aromatic N) is 2. The number of ketones is 1. The molecule has 0 fully saturated rings. The predicted octanol–water partition coefficient (Wildman–Crippen LogP) is 3.00. The summed E-state index contributed by atoms with van der Waals surface area (Å²) in [6.45, 7) is 10.0. The predicted molar refractivity (Wildman–Crippen MR) is 135 cm³/mol. The van der Waals surface area contributed by atoms with E-state index < -0.39 is 12.5 Å². The molecule has 0 saturated carbocycles. The number of Topliss-reactive ketones (excluding diaryl/α,β-unsaturated/α-hetero) is 1. The zero-order valence-corrected chi connectivity index (χ0v) is 21.3. The average molecular weight is 481 g/mol. The summed E-state index contributed by atoms with van der Waals surface area (Å²) in [5, 5.41) is 13.0. The van der Waals surface area contributed by atoms with E-state index in [4.69, 9.17) is 5.73 Å². The van der Waals surface area contributed by atoms with Gasteiger partial charge in [-0.2, -0.15) is 0 Å².